The minimum Gasteiger partial charge on any atom is -0.343 e. The van der Waals surface area contributed by atoms with Crippen LogP contribution in [0.5, 0.6) is 0 Å². The van der Waals surface area contributed by atoms with E-state index in [1.165, 1.54) is 0 Å². The summed E-state index contributed by atoms with van der Waals surface area (Å²) in [4.78, 5) is 16.1. The van der Waals surface area contributed by atoms with E-state index in [4.69, 9.17) is 5.73 Å². The molecule has 0 spiro atoms. The number of nitrogens with zero attached hydrogens (tertiary/aromatic N) is 2. The van der Waals surface area contributed by atoms with Crippen LogP contribution in [0.2, 0.25) is 0 Å². The maximum atomic E-state index is 12.0. The molecule has 0 aliphatic carbocycles. The van der Waals surface area contributed by atoms with Gasteiger partial charge in [0.15, 0.2) is 0 Å². The van der Waals surface area contributed by atoms with Gasteiger partial charge in [0.2, 0.25) is 5.91 Å². The monoisotopic (exact) mass is 275 g/mol. The molecule has 1 atom stereocenters. The molecule has 0 aliphatic rings. The minimum atomic E-state index is 0.167. The summed E-state index contributed by atoms with van der Waals surface area (Å²) in [5, 5.41) is 0. The van der Waals surface area contributed by atoms with Gasteiger partial charge in [0.1, 0.15) is 0 Å². The number of rotatable bonds is 10. The van der Waals surface area contributed by atoms with Crippen LogP contribution >= 0.6 is 11.8 Å². The summed E-state index contributed by atoms with van der Waals surface area (Å²) in [7, 11) is 2.06. The zero-order valence-electron chi connectivity index (χ0n) is 12.3. The Morgan fingerprint density at radius 1 is 1.33 bits per heavy atom. The Hall–Kier alpha value is -0.260. The second kappa shape index (κ2) is 10.6. The Morgan fingerprint density at radius 3 is 2.39 bits per heavy atom. The molecule has 0 aromatic carbocycles. The number of amides is 1. The number of hydrogen-bond donors (Lipinski definition) is 1. The normalized spacial score (nSPS) is 12.8. The van der Waals surface area contributed by atoms with Crippen molar-refractivity contribution in [3.63, 3.8) is 0 Å². The molecular formula is C13H29N3OS. The van der Waals surface area contributed by atoms with Gasteiger partial charge >= 0.3 is 0 Å². The predicted molar refractivity (Wildman–Crippen MR) is 81.0 cm³/mol. The van der Waals surface area contributed by atoms with Crippen molar-refractivity contribution in [3.05, 3.63) is 0 Å². The number of carbonyl (C=O) groups excluding carboxylic acids is 1. The van der Waals surface area contributed by atoms with E-state index in [1.807, 2.05) is 30.5 Å². The van der Waals surface area contributed by atoms with Crippen molar-refractivity contribution in [3.8, 4) is 0 Å². The maximum Gasteiger partial charge on any atom is 0.224 e. The minimum absolute atomic E-state index is 0.167. The molecule has 0 bridgehead atoms. The fourth-order valence-corrected chi connectivity index (χ4v) is 2.38. The Balaban J connectivity index is 4.19. The number of carbonyl (C=O) groups is 1. The summed E-state index contributed by atoms with van der Waals surface area (Å²) in [6, 6.07) is 0.167. The van der Waals surface area contributed by atoms with Gasteiger partial charge in [0, 0.05) is 32.1 Å². The molecule has 4 nitrogen and oxygen atoms in total. The Labute approximate surface area is 116 Å². The molecule has 0 saturated carbocycles. The van der Waals surface area contributed by atoms with Crippen molar-refractivity contribution in [2.75, 3.05) is 45.2 Å². The fourth-order valence-electron chi connectivity index (χ4n) is 1.97. The summed E-state index contributed by atoms with van der Waals surface area (Å²) >= 11 is 1.86. The van der Waals surface area contributed by atoms with Gasteiger partial charge in [0.25, 0.3) is 0 Å². The second-order valence-corrected chi connectivity index (χ2v) is 5.47. The summed E-state index contributed by atoms with van der Waals surface area (Å²) < 4.78 is 0. The molecule has 5 heteroatoms. The van der Waals surface area contributed by atoms with Crippen LogP contribution in [0.15, 0.2) is 0 Å². The molecule has 0 aliphatic heterocycles. The van der Waals surface area contributed by atoms with E-state index >= 15 is 0 Å². The van der Waals surface area contributed by atoms with Gasteiger partial charge in [-0.2, -0.15) is 11.8 Å². The first-order chi connectivity index (χ1) is 8.60. The summed E-state index contributed by atoms with van der Waals surface area (Å²) in [5.74, 6) is 1.37. The third-order valence-electron chi connectivity index (χ3n) is 3.28. The van der Waals surface area contributed by atoms with E-state index in [1.54, 1.807) is 0 Å². The van der Waals surface area contributed by atoms with Crippen LogP contribution in [0, 0.1) is 0 Å². The van der Waals surface area contributed by atoms with Gasteiger partial charge in [0.05, 0.1) is 0 Å². The standard InChI is InChI=1S/C13H29N3OS/c1-5-16(6-2)13(17)10-12(11-14)15(3)8-7-9-18-4/h12H,5-11,14H2,1-4H3. The summed E-state index contributed by atoms with van der Waals surface area (Å²) in [6.45, 7) is 7.14. The molecule has 1 unspecified atom stereocenters. The second-order valence-electron chi connectivity index (χ2n) is 4.49. The quantitative estimate of drug-likeness (QED) is 0.610. The first-order valence-corrected chi connectivity index (χ1v) is 8.17. The van der Waals surface area contributed by atoms with Crippen LogP contribution in [0.4, 0.5) is 0 Å². The lowest BCUT2D eigenvalue weighted by molar-refractivity contribution is -0.132. The molecule has 18 heavy (non-hydrogen) atoms. The Morgan fingerprint density at radius 2 is 1.94 bits per heavy atom. The average molecular weight is 275 g/mol. The number of hydrogen-bond acceptors (Lipinski definition) is 4. The van der Waals surface area contributed by atoms with Crippen molar-refractivity contribution < 1.29 is 4.79 Å². The fraction of sp³-hybridized carbons (Fsp3) is 0.923. The molecule has 0 heterocycles. The molecule has 2 N–H and O–H groups in total. The van der Waals surface area contributed by atoms with Crippen LogP contribution in [0.1, 0.15) is 26.7 Å². The highest BCUT2D eigenvalue weighted by Crippen LogP contribution is 2.06. The van der Waals surface area contributed by atoms with Crippen molar-refractivity contribution in [1.29, 1.82) is 0 Å². The van der Waals surface area contributed by atoms with Gasteiger partial charge in [-0.15, -0.1) is 0 Å². The molecule has 0 saturated heterocycles. The summed E-state index contributed by atoms with van der Waals surface area (Å²) in [5.41, 5.74) is 5.79. The van der Waals surface area contributed by atoms with E-state index < -0.39 is 0 Å². The zero-order chi connectivity index (χ0) is 14.0. The smallest absolute Gasteiger partial charge is 0.224 e. The van der Waals surface area contributed by atoms with Gasteiger partial charge in [-0.05, 0) is 45.9 Å². The molecule has 0 fully saturated rings. The number of thioether (sulfide) groups is 1. The van der Waals surface area contributed by atoms with Crippen LogP contribution in [0.25, 0.3) is 0 Å². The predicted octanol–water partition coefficient (Wildman–Crippen LogP) is 1.26. The van der Waals surface area contributed by atoms with Gasteiger partial charge in [-0.1, -0.05) is 0 Å². The summed E-state index contributed by atoms with van der Waals surface area (Å²) in [6.07, 6.45) is 3.80. The molecular weight excluding hydrogens is 246 g/mol. The molecule has 0 radical (unpaired) electrons. The van der Waals surface area contributed by atoms with Gasteiger partial charge < -0.3 is 15.5 Å². The van der Waals surface area contributed by atoms with Crippen molar-refractivity contribution in [1.82, 2.24) is 9.80 Å². The number of nitrogens with two attached hydrogens (primary N) is 1. The van der Waals surface area contributed by atoms with Crippen molar-refractivity contribution >= 4 is 17.7 Å². The highest BCUT2D eigenvalue weighted by atomic mass is 32.2. The maximum absolute atomic E-state index is 12.0. The Kier molecular flexibility index (Phi) is 10.5. The van der Waals surface area contributed by atoms with Crippen LogP contribution in [0.3, 0.4) is 0 Å². The van der Waals surface area contributed by atoms with E-state index in [-0.39, 0.29) is 11.9 Å². The van der Waals surface area contributed by atoms with E-state index in [0.717, 1.165) is 31.8 Å². The van der Waals surface area contributed by atoms with Crippen LogP contribution < -0.4 is 5.73 Å². The molecule has 0 aromatic rings. The first-order valence-electron chi connectivity index (χ1n) is 6.77. The lowest BCUT2D eigenvalue weighted by Gasteiger charge is -2.28. The van der Waals surface area contributed by atoms with Crippen LogP contribution in [-0.2, 0) is 4.79 Å². The zero-order valence-corrected chi connectivity index (χ0v) is 13.1. The topological polar surface area (TPSA) is 49.6 Å². The molecule has 0 aromatic heterocycles. The van der Waals surface area contributed by atoms with Crippen molar-refractivity contribution in [2.45, 2.75) is 32.7 Å². The van der Waals surface area contributed by atoms with Crippen molar-refractivity contribution in [2.24, 2.45) is 5.73 Å². The lowest BCUT2D eigenvalue weighted by atomic mass is 10.1. The van der Waals surface area contributed by atoms with E-state index in [9.17, 15) is 4.79 Å². The first kappa shape index (κ1) is 17.7. The largest absolute Gasteiger partial charge is 0.343 e. The molecule has 108 valence electrons. The van der Waals surface area contributed by atoms with Crippen LogP contribution in [-0.4, -0.2) is 67.0 Å². The SMILES string of the molecule is CCN(CC)C(=O)CC(CN)N(C)CCCSC. The van der Waals surface area contributed by atoms with Gasteiger partial charge in [-0.3, -0.25) is 4.79 Å². The third kappa shape index (κ3) is 6.61. The molecule has 0 rings (SSSR count). The van der Waals surface area contributed by atoms with Gasteiger partial charge in [-0.25, -0.2) is 0 Å². The highest BCUT2D eigenvalue weighted by Gasteiger charge is 2.19. The lowest BCUT2D eigenvalue weighted by Crippen LogP contribution is -2.43. The molecule has 1 amide bonds. The highest BCUT2D eigenvalue weighted by molar-refractivity contribution is 7.98. The van der Waals surface area contributed by atoms with E-state index in [0.29, 0.717) is 13.0 Å². The van der Waals surface area contributed by atoms with E-state index in [2.05, 4.69) is 18.2 Å². The third-order valence-corrected chi connectivity index (χ3v) is 3.98. The number of likely N-dealkylation sites (N-methyl/N-ethyl adjacent to an activating group) is 1. The Bertz CT molecular complexity index is 222. The average Bonchev–Trinajstić information content (AvgIpc) is 2.37.